The zero-order valence-electron chi connectivity index (χ0n) is 19.0. The summed E-state index contributed by atoms with van der Waals surface area (Å²) in [5.74, 6) is -2.23. The van der Waals surface area contributed by atoms with Crippen molar-refractivity contribution in [2.45, 2.75) is 26.1 Å². The van der Waals surface area contributed by atoms with Crippen LogP contribution in [-0.2, 0) is 9.47 Å². The van der Waals surface area contributed by atoms with Crippen LogP contribution in [0.2, 0.25) is 0 Å². The Morgan fingerprint density at radius 3 is 2.21 bits per heavy atom. The van der Waals surface area contributed by atoms with Gasteiger partial charge in [-0.05, 0) is 42.2 Å². The molecule has 1 aliphatic heterocycles. The molecule has 178 valence electrons. The van der Waals surface area contributed by atoms with Gasteiger partial charge in [-0.15, -0.1) is 6.58 Å². The number of rotatable bonds is 8. The van der Waals surface area contributed by atoms with E-state index >= 15 is 0 Å². The Morgan fingerprint density at radius 1 is 0.912 bits per heavy atom. The van der Waals surface area contributed by atoms with Crippen molar-refractivity contribution in [3.63, 3.8) is 0 Å². The summed E-state index contributed by atoms with van der Waals surface area (Å²) >= 11 is 0. The average molecular weight is 469 g/mol. The molecule has 34 heavy (non-hydrogen) atoms. The summed E-state index contributed by atoms with van der Waals surface area (Å²) in [5, 5.41) is 0. The quantitative estimate of drug-likeness (QED) is 0.254. The smallest absolute Gasteiger partial charge is 0.201 e. The summed E-state index contributed by atoms with van der Waals surface area (Å²) in [6.07, 6.45) is 2.58. The number of benzene rings is 3. The third kappa shape index (κ3) is 5.34. The number of allylic oxidation sites excluding steroid dienone is 1. The molecule has 3 nitrogen and oxygen atoms in total. The molecule has 1 fully saturated rings. The first-order valence-corrected chi connectivity index (χ1v) is 11.3. The van der Waals surface area contributed by atoms with Gasteiger partial charge < -0.3 is 14.2 Å². The summed E-state index contributed by atoms with van der Waals surface area (Å²) in [5.41, 5.74) is 2.23. The lowest BCUT2D eigenvalue weighted by atomic mass is 9.98. The summed E-state index contributed by atoms with van der Waals surface area (Å²) < 4.78 is 60.6. The number of halogens is 3. The van der Waals surface area contributed by atoms with Crippen molar-refractivity contribution < 1.29 is 27.4 Å². The van der Waals surface area contributed by atoms with Crippen LogP contribution in [0.5, 0.6) is 5.75 Å². The molecule has 4 rings (SSSR count). The average Bonchev–Trinajstić information content (AvgIpc) is 2.85. The molecule has 0 aliphatic carbocycles. The van der Waals surface area contributed by atoms with Gasteiger partial charge in [0.15, 0.2) is 17.9 Å². The minimum atomic E-state index is -1.02. The minimum absolute atomic E-state index is 0.110. The first kappa shape index (κ1) is 24.0. The van der Waals surface area contributed by atoms with Crippen molar-refractivity contribution in [1.82, 2.24) is 0 Å². The van der Waals surface area contributed by atoms with Crippen molar-refractivity contribution in [3.8, 4) is 28.0 Å². The molecule has 0 N–H and O–H groups in total. The van der Waals surface area contributed by atoms with Gasteiger partial charge in [0.2, 0.25) is 5.82 Å². The third-order valence-corrected chi connectivity index (χ3v) is 5.69. The molecule has 0 atom stereocenters. The highest BCUT2D eigenvalue weighted by Gasteiger charge is 2.22. The van der Waals surface area contributed by atoms with Crippen LogP contribution in [0, 0.1) is 23.4 Å². The lowest BCUT2D eigenvalue weighted by molar-refractivity contribution is -0.202. The Hall–Kier alpha value is -3.09. The van der Waals surface area contributed by atoms with Crippen LogP contribution >= 0.6 is 0 Å². The predicted octanol–water partition coefficient (Wildman–Crippen LogP) is 7.46. The Kier molecular flexibility index (Phi) is 7.70. The fraction of sp³-hybridized carbons (Fsp3) is 0.286. The molecule has 0 spiro atoms. The van der Waals surface area contributed by atoms with Gasteiger partial charge in [-0.2, -0.15) is 4.39 Å². The SMILES string of the molecule is C=CCCCOc1ccc(-c2ccc(-c3ccc(C4OCC(C)CO4)cc3F)cc2)c(F)c1F. The van der Waals surface area contributed by atoms with Gasteiger partial charge >= 0.3 is 0 Å². The predicted molar refractivity (Wildman–Crippen MR) is 126 cm³/mol. The van der Waals surface area contributed by atoms with Crippen LogP contribution in [0.25, 0.3) is 22.3 Å². The lowest BCUT2D eigenvalue weighted by Gasteiger charge is -2.27. The molecule has 0 unspecified atom stereocenters. The lowest BCUT2D eigenvalue weighted by Crippen LogP contribution is -2.25. The van der Waals surface area contributed by atoms with Crippen LogP contribution in [0.4, 0.5) is 13.2 Å². The Labute approximate surface area is 197 Å². The van der Waals surface area contributed by atoms with E-state index in [9.17, 15) is 13.2 Å². The number of unbranched alkanes of at least 4 members (excludes halogenated alkanes) is 1. The van der Waals surface area contributed by atoms with E-state index < -0.39 is 23.7 Å². The zero-order valence-corrected chi connectivity index (χ0v) is 19.0. The summed E-state index contributed by atoms with van der Waals surface area (Å²) in [4.78, 5) is 0. The maximum absolute atomic E-state index is 14.9. The van der Waals surface area contributed by atoms with E-state index in [4.69, 9.17) is 14.2 Å². The molecule has 0 amide bonds. The molecule has 6 heteroatoms. The number of hydrogen-bond donors (Lipinski definition) is 0. The van der Waals surface area contributed by atoms with E-state index in [1.54, 1.807) is 42.5 Å². The van der Waals surface area contributed by atoms with Crippen molar-refractivity contribution in [1.29, 1.82) is 0 Å². The molecule has 0 bridgehead atoms. The van der Waals surface area contributed by atoms with E-state index in [-0.39, 0.29) is 17.9 Å². The monoisotopic (exact) mass is 468 g/mol. The molecule has 3 aromatic carbocycles. The first-order valence-electron chi connectivity index (χ1n) is 11.3. The van der Waals surface area contributed by atoms with Crippen molar-refractivity contribution in [2.75, 3.05) is 19.8 Å². The fourth-order valence-corrected chi connectivity index (χ4v) is 3.81. The minimum Gasteiger partial charge on any atom is -0.490 e. The second-order valence-corrected chi connectivity index (χ2v) is 8.44. The van der Waals surface area contributed by atoms with E-state index in [1.807, 2.05) is 6.92 Å². The Balaban J connectivity index is 1.50. The van der Waals surface area contributed by atoms with Crippen molar-refractivity contribution in [2.24, 2.45) is 5.92 Å². The largest absolute Gasteiger partial charge is 0.490 e. The van der Waals surface area contributed by atoms with E-state index in [1.165, 1.54) is 18.2 Å². The molecule has 3 aromatic rings. The second kappa shape index (κ2) is 10.9. The van der Waals surface area contributed by atoms with Gasteiger partial charge in [0, 0.05) is 22.6 Å². The van der Waals surface area contributed by atoms with Crippen LogP contribution in [0.1, 0.15) is 31.6 Å². The molecular formula is C28H27F3O3. The number of hydrogen-bond acceptors (Lipinski definition) is 3. The van der Waals surface area contributed by atoms with Crippen molar-refractivity contribution >= 4 is 0 Å². The first-order chi connectivity index (χ1) is 16.5. The van der Waals surface area contributed by atoms with Gasteiger partial charge in [0.25, 0.3) is 0 Å². The highest BCUT2D eigenvalue weighted by Crippen LogP contribution is 2.33. The van der Waals surface area contributed by atoms with Gasteiger partial charge in [-0.25, -0.2) is 8.78 Å². The zero-order chi connectivity index (χ0) is 24.1. The maximum Gasteiger partial charge on any atom is 0.201 e. The Bertz CT molecular complexity index is 1140. The summed E-state index contributed by atoms with van der Waals surface area (Å²) in [6, 6.07) is 14.4. The van der Waals surface area contributed by atoms with Crippen LogP contribution in [-0.4, -0.2) is 19.8 Å². The molecule has 1 aliphatic rings. The standard InChI is InChI=1S/C28H27F3O3/c1-3-4-5-14-32-25-13-12-23(26(30)27(25)31)20-8-6-19(7-9-20)22-11-10-21(15-24(22)29)28-33-16-18(2)17-34-28/h3,6-13,15,18,28H,1,4-5,14,16-17H2,2H3. The second-order valence-electron chi connectivity index (χ2n) is 8.44. The van der Waals surface area contributed by atoms with E-state index in [2.05, 4.69) is 6.58 Å². The summed E-state index contributed by atoms with van der Waals surface area (Å²) in [7, 11) is 0. The Morgan fingerprint density at radius 2 is 1.56 bits per heavy atom. The highest BCUT2D eigenvalue weighted by atomic mass is 19.2. The highest BCUT2D eigenvalue weighted by molar-refractivity contribution is 5.71. The molecule has 0 aromatic heterocycles. The molecule has 0 radical (unpaired) electrons. The third-order valence-electron chi connectivity index (χ3n) is 5.69. The molecular weight excluding hydrogens is 441 g/mol. The topological polar surface area (TPSA) is 27.7 Å². The van der Waals surface area contributed by atoms with Crippen molar-refractivity contribution in [3.05, 3.63) is 90.3 Å². The van der Waals surface area contributed by atoms with Crippen LogP contribution in [0.3, 0.4) is 0 Å². The maximum atomic E-state index is 14.9. The number of ether oxygens (including phenoxy) is 3. The molecule has 1 heterocycles. The van der Waals surface area contributed by atoms with Gasteiger partial charge in [0.05, 0.1) is 19.8 Å². The molecule has 1 saturated heterocycles. The van der Waals surface area contributed by atoms with E-state index in [0.29, 0.717) is 47.8 Å². The fourth-order valence-electron chi connectivity index (χ4n) is 3.81. The van der Waals surface area contributed by atoms with Gasteiger partial charge in [0.1, 0.15) is 5.82 Å². The van der Waals surface area contributed by atoms with Crippen LogP contribution in [0.15, 0.2) is 67.3 Å². The van der Waals surface area contributed by atoms with Crippen LogP contribution < -0.4 is 4.74 Å². The molecule has 0 saturated carbocycles. The normalized spacial score (nSPS) is 18.0. The van der Waals surface area contributed by atoms with Gasteiger partial charge in [-0.1, -0.05) is 49.4 Å². The summed E-state index contributed by atoms with van der Waals surface area (Å²) in [6.45, 7) is 7.05. The van der Waals surface area contributed by atoms with E-state index in [0.717, 1.165) is 6.42 Å². The van der Waals surface area contributed by atoms with Gasteiger partial charge in [-0.3, -0.25) is 0 Å².